The van der Waals surface area contributed by atoms with Gasteiger partial charge in [-0.3, -0.25) is 9.69 Å². The first-order chi connectivity index (χ1) is 10.6. The van der Waals surface area contributed by atoms with Gasteiger partial charge in [-0.05, 0) is 19.1 Å². The summed E-state index contributed by atoms with van der Waals surface area (Å²) in [5, 5.41) is 10.2. The van der Waals surface area contributed by atoms with Crippen LogP contribution in [0.4, 0.5) is 0 Å². The Balaban J connectivity index is 1.64. The number of aryl methyl sites for hydroxylation is 1. The fourth-order valence-corrected chi connectivity index (χ4v) is 2.78. The highest BCUT2D eigenvalue weighted by molar-refractivity contribution is 5.92. The van der Waals surface area contributed by atoms with E-state index < -0.39 is 6.10 Å². The van der Waals surface area contributed by atoms with Crippen LogP contribution in [0, 0.1) is 6.92 Å². The van der Waals surface area contributed by atoms with E-state index in [2.05, 4.69) is 19.9 Å². The van der Waals surface area contributed by atoms with Crippen LogP contribution in [0.15, 0.2) is 24.5 Å². The highest BCUT2D eigenvalue weighted by Gasteiger charge is 2.25. The lowest BCUT2D eigenvalue weighted by atomic mass is 10.3. The summed E-state index contributed by atoms with van der Waals surface area (Å²) >= 11 is 0. The summed E-state index contributed by atoms with van der Waals surface area (Å²) in [6.07, 6.45) is 2.97. The fraction of sp³-hybridized carbons (Fsp3) is 0.467. The van der Waals surface area contributed by atoms with Gasteiger partial charge in [0.05, 0.1) is 12.6 Å². The minimum Gasteiger partial charge on any atom is -0.390 e. The molecule has 3 N–H and O–H groups in total. The van der Waals surface area contributed by atoms with Crippen LogP contribution in [0.2, 0.25) is 0 Å². The van der Waals surface area contributed by atoms with Crippen LogP contribution in [0.5, 0.6) is 0 Å². The zero-order valence-corrected chi connectivity index (χ0v) is 12.6. The van der Waals surface area contributed by atoms with Crippen LogP contribution in [0.3, 0.4) is 0 Å². The summed E-state index contributed by atoms with van der Waals surface area (Å²) in [6.45, 7) is 4.80. The molecule has 1 aliphatic rings. The standard InChI is InChI=1S/C15H21N5O2/c1-11-7-17-14(18-11)10-19-5-6-20(9-12(21)8-19)15(22)13-3-2-4-16-13/h2-4,7,12,16,21H,5-6,8-10H2,1H3,(H,17,18)/t12-/m0/s1. The van der Waals surface area contributed by atoms with Crippen LogP contribution >= 0.6 is 0 Å². The molecular formula is C15H21N5O2. The van der Waals surface area contributed by atoms with Crippen molar-refractivity contribution in [2.24, 2.45) is 0 Å². The largest absolute Gasteiger partial charge is 0.390 e. The zero-order valence-electron chi connectivity index (χ0n) is 12.6. The number of nitrogens with zero attached hydrogens (tertiary/aromatic N) is 3. The number of aliphatic hydroxyl groups is 1. The number of carbonyl (C=O) groups excluding carboxylic acids is 1. The molecule has 1 fully saturated rings. The van der Waals surface area contributed by atoms with Crippen molar-refractivity contribution < 1.29 is 9.90 Å². The Kier molecular flexibility index (Phi) is 4.26. The van der Waals surface area contributed by atoms with E-state index in [9.17, 15) is 9.90 Å². The lowest BCUT2D eigenvalue weighted by Crippen LogP contribution is -2.37. The Morgan fingerprint density at radius 3 is 3.00 bits per heavy atom. The maximum absolute atomic E-state index is 12.4. The normalized spacial score (nSPS) is 20.1. The van der Waals surface area contributed by atoms with E-state index in [1.165, 1.54) is 0 Å². The number of amides is 1. The molecule has 2 aromatic rings. The highest BCUT2D eigenvalue weighted by Crippen LogP contribution is 2.10. The number of aromatic amines is 2. The van der Waals surface area contributed by atoms with Crippen LogP contribution < -0.4 is 0 Å². The van der Waals surface area contributed by atoms with Crippen molar-refractivity contribution in [1.29, 1.82) is 0 Å². The van der Waals surface area contributed by atoms with Crippen molar-refractivity contribution in [3.05, 3.63) is 41.7 Å². The third-order valence-electron chi connectivity index (χ3n) is 3.83. The van der Waals surface area contributed by atoms with Crippen molar-refractivity contribution in [1.82, 2.24) is 24.8 Å². The molecule has 3 heterocycles. The molecule has 1 saturated heterocycles. The second kappa shape index (κ2) is 6.33. The van der Waals surface area contributed by atoms with Gasteiger partial charge in [-0.1, -0.05) is 0 Å². The predicted octanol–water partition coefficient (Wildman–Crippen LogP) is 0.365. The first-order valence-corrected chi connectivity index (χ1v) is 7.45. The second-order valence-corrected chi connectivity index (χ2v) is 5.74. The molecule has 0 radical (unpaired) electrons. The molecule has 0 unspecified atom stereocenters. The summed E-state index contributed by atoms with van der Waals surface area (Å²) in [5.74, 6) is 0.814. The fourth-order valence-electron chi connectivity index (χ4n) is 2.78. The molecule has 0 aromatic carbocycles. The van der Waals surface area contributed by atoms with Crippen LogP contribution in [-0.4, -0.2) is 68.0 Å². The summed E-state index contributed by atoms with van der Waals surface area (Å²) in [6, 6.07) is 3.55. The minimum absolute atomic E-state index is 0.0697. The number of β-amino-alcohol motifs (C(OH)–C–C–N with tert-alkyl or cyclic N) is 1. The molecule has 1 aliphatic heterocycles. The molecule has 0 aliphatic carbocycles. The van der Waals surface area contributed by atoms with E-state index in [4.69, 9.17) is 0 Å². The number of imidazole rings is 1. The summed E-state index contributed by atoms with van der Waals surface area (Å²) in [4.78, 5) is 26.6. The SMILES string of the molecule is Cc1cnc(CN2CCN(C(=O)c3ccc[nH]3)C[C@@H](O)C2)[nH]1. The lowest BCUT2D eigenvalue weighted by molar-refractivity contribution is 0.0658. The quantitative estimate of drug-likeness (QED) is 0.764. The molecule has 7 heteroatoms. The van der Waals surface area contributed by atoms with Gasteiger partial charge in [-0.15, -0.1) is 0 Å². The van der Waals surface area contributed by atoms with Crippen molar-refractivity contribution >= 4 is 5.91 Å². The number of hydrogen-bond donors (Lipinski definition) is 3. The van der Waals surface area contributed by atoms with Crippen LogP contribution in [0.1, 0.15) is 22.0 Å². The van der Waals surface area contributed by atoms with E-state index in [1.807, 2.05) is 6.92 Å². The number of rotatable bonds is 3. The van der Waals surface area contributed by atoms with Crippen molar-refractivity contribution in [2.75, 3.05) is 26.2 Å². The Bertz CT molecular complexity index is 622. The van der Waals surface area contributed by atoms with Gasteiger partial charge in [-0.2, -0.15) is 0 Å². The number of nitrogens with one attached hydrogen (secondary N) is 2. The molecule has 0 bridgehead atoms. The van der Waals surface area contributed by atoms with E-state index in [-0.39, 0.29) is 5.91 Å². The molecule has 22 heavy (non-hydrogen) atoms. The third kappa shape index (κ3) is 3.37. The predicted molar refractivity (Wildman–Crippen MR) is 81.3 cm³/mol. The van der Waals surface area contributed by atoms with Gasteiger partial charge in [0.25, 0.3) is 5.91 Å². The molecule has 7 nitrogen and oxygen atoms in total. The van der Waals surface area contributed by atoms with Gasteiger partial charge in [-0.25, -0.2) is 4.98 Å². The average Bonchev–Trinajstić information content (AvgIpc) is 3.10. The topological polar surface area (TPSA) is 88.2 Å². The third-order valence-corrected chi connectivity index (χ3v) is 3.83. The number of H-pyrrole nitrogens is 2. The van der Waals surface area contributed by atoms with Gasteiger partial charge in [0.15, 0.2) is 0 Å². The minimum atomic E-state index is -0.558. The van der Waals surface area contributed by atoms with Gasteiger partial charge in [0, 0.05) is 44.3 Å². The molecule has 1 amide bonds. The highest BCUT2D eigenvalue weighted by atomic mass is 16.3. The maximum atomic E-state index is 12.4. The molecule has 1 atom stereocenters. The zero-order chi connectivity index (χ0) is 15.5. The number of hydrogen-bond acceptors (Lipinski definition) is 4. The van der Waals surface area contributed by atoms with E-state index in [0.717, 1.165) is 11.5 Å². The summed E-state index contributed by atoms with van der Waals surface area (Å²) in [7, 11) is 0. The summed E-state index contributed by atoms with van der Waals surface area (Å²) in [5.41, 5.74) is 1.58. The van der Waals surface area contributed by atoms with Gasteiger partial charge < -0.3 is 20.0 Å². The summed E-state index contributed by atoms with van der Waals surface area (Å²) < 4.78 is 0. The Morgan fingerprint density at radius 1 is 1.45 bits per heavy atom. The number of aromatic nitrogens is 3. The number of aliphatic hydroxyl groups excluding tert-OH is 1. The van der Waals surface area contributed by atoms with Gasteiger partial charge in [0.1, 0.15) is 11.5 Å². The monoisotopic (exact) mass is 303 g/mol. The number of carbonyl (C=O) groups is 1. The van der Waals surface area contributed by atoms with Crippen LogP contribution in [0.25, 0.3) is 0 Å². The second-order valence-electron chi connectivity index (χ2n) is 5.74. The van der Waals surface area contributed by atoms with E-state index in [1.54, 1.807) is 29.4 Å². The Hall–Kier alpha value is -2.12. The first kappa shape index (κ1) is 14.8. The van der Waals surface area contributed by atoms with Gasteiger partial charge in [0.2, 0.25) is 0 Å². The van der Waals surface area contributed by atoms with Crippen LogP contribution in [-0.2, 0) is 6.54 Å². The van der Waals surface area contributed by atoms with Crippen molar-refractivity contribution in [3.63, 3.8) is 0 Å². The molecule has 118 valence electrons. The van der Waals surface area contributed by atoms with E-state index in [0.29, 0.717) is 38.4 Å². The Labute approximate surface area is 129 Å². The van der Waals surface area contributed by atoms with E-state index >= 15 is 0 Å². The smallest absolute Gasteiger partial charge is 0.270 e. The molecule has 2 aromatic heterocycles. The van der Waals surface area contributed by atoms with Gasteiger partial charge >= 0.3 is 0 Å². The molecule has 0 saturated carbocycles. The Morgan fingerprint density at radius 2 is 2.32 bits per heavy atom. The average molecular weight is 303 g/mol. The first-order valence-electron chi connectivity index (χ1n) is 7.45. The molecule has 3 rings (SSSR count). The van der Waals surface area contributed by atoms with Crippen molar-refractivity contribution in [2.45, 2.75) is 19.6 Å². The molecule has 0 spiro atoms. The molecular weight excluding hydrogens is 282 g/mol. The van der Waals surface area contributed by atoms with Crippen molar-refractivity contribution in [3.8, 4) is 0 Å². The maximum Gasteiger partial charge on any atom is 0.270 e. The lowest BCUT2D eigenvalue weighted by Gasteiger charge is -2.21.